The molecule has 2 atom stereocenters. The third-order valence-electron chi connectivity index (χ3n) is 3.73. The lowest BCUT2D eigenvalue weighted by atomic mass is 10.0. The van der Waals surface area contributed by atoms with Crippen LogP contribution in [0.1, 0.15) is 40.0 Å². The highest BCUT2D eigenvalue weighted by molar-refractivity contribution is 5.78. The average Bonchev–Trinajstić information content (AvgIpc) is 2.73. The van der Waals surface area contributed by atoms with Crippen LogP contribution in [0.4, 0.5) is 0 Å². The molecule has 0 aromatic rings. The lowest BCUT2D eigenvalue weighted by molar-refractivity contribution is 0.270. The van der Waals surface area contributed by atoms with Gasteiger partial charge in [0.05, 0.1) is 6.04 Å². The molecule has 86 valence electrons. The lowest BCUT2D eigenvalue weighted by Crippen LogP contribution is -2.43. The maximum Gasteiger partial charge on any atom is 0.191 e. The van der Waals surface area contributed by atoms with Gasteiger partial charge in [-0.25, -0.2) is 4.99 Å². The summed E-state index contributed by atoms with van der Waals surface area (Å²) in [5.74, 6) is 1.54. The minimum Gasteiger partial charge on any atom is -0.370 e. The Labute approximate surface area is 92.7 Å². The summed E-state index contributed by atoms with van der Waals surface area (Å²) in [6.07, 6.45) is 3.78. The molecule has 0 amide bonds. The van der Waals surface area contributed by atoms with Crippen molar-refractivity contribution >= 4 is 5.96 Å². The van der Waals surface area contributed by atoms with Gasteiger partial charge in [0.25, 0.3) is 0 Å². The van der Waals surface area contributed by atoms with E-state index in [9.17, 15) is 0 Å². The van der Waals surface area contributed by atoms with Gasteiger partial charge in [-0.2, -0.15) is 0 Å². The van der Waals surface area contributed by atoms with Crippen molar-refractivity contribution in [3.8, 4) is 0 Å². The maximum atomic E-state index is 6.05. The highest BCUT2D eigenvalue weighted by Gasteiger charge is 2.46. The van der Waals surface area contributed by atoms with E-state index in [0.717, 1.165) is 25.0 Å². The second kappa shape index (κ2) is 3.69. The molecule has 15 heavy (non-hydrogen) atoms. The standard InChI is InChI=1S/C12H23N3/c1-9-5-4-6-15(8-9)11(13)14-10-7-12(10,2)3/h9-10H,4-8H2,1-3H3,(H2,13,14)/t9?,10-/m0/s1. The van der Waals surface area contributed by atoms with E-state index >= 15 is 0 Å². The van der Waals surface area contributed by atoms with Crippen molar-refractivity contribution in [1.29, 1.82) is 0 Å². The topological polar surface area (TPSA) is 41.6 Å². The van der Waals surface area contributed by atoms with E-state index in [1.165, 1.54) is 19.3 Å². The van der Waals surface area contributed by atoms with Gasteiger partial charge in [-0.15, -0.1) is 0 Å². The van der Waals surface area contributed by atoms with Crippen molar-refractivity contribution in [1.82, 2.24) is 4.90 Å². The Morgan fingerprint density at radius 1 is 1.47 bits per heavy atom. The molecular formula is C12H23N3. The van der Waals surface area contributed by atoms with Crippen molar-refractivity contribution in [3.05, 3.63) is 0 Å². The number of nitrogens with two attached hydrogens (primary N) is 1. The average molecular weight is 209 g/mol. The highest BCUT2D eigenvalue weighted by atomic mass is 15.3. The molecule has 1 aliphatic heterocycles. The lowest BCUT2D eigenvalue weighted by Gasteiger charge is -2.31. The normalized spacial score (nSPS) is 35.4. The second-order valence-corrected chi connectivity index (χ2v) is 5.89. The molecule has 2 N–H and O–H groups in total. The summed E-state index contributed by atoms with van der Waals surface area (Å²) in [5.41, 5.74) is 6.44. The molecule has 1 saturated carbocycles. The van der Waals surface area contributed by atoms with Crippen molar-refractivity contribution in [2.24, 2.45) is 22.1 Å². The van der Waals surface area contributed by atoms with Crippen LogP contribution in [-0.4, -0.2) is 30.0 Å². The number of likely N-dealkylation sites (tertiary alicyclic amines) is 1. The SMILES string of the molecule is CC1CCCN(C(N)=N[C@H]2CC2(C)C)C1. The number of piperidine rings is 1. The number of rotatable bonds is 1. The van der Waals surface area contributed by atoms with Crippen LogP contribution in [-0.2, 0) is 0 Å². The van der Waals surface area contributed by atoms with Crippen LogP contribution in [0.2, 0.25) is 0 Å². The zero-order chi connectivity index (χ0) is 11.1. The Bertz CT molecular complexity index is 270. The zero-order valence-corrected chi connectivity index (χ0v) is 10.2. The molecule has 3 nitrogen and oxygen atoms in total. The predicted octanol–water partition coefficient (Wildman–Crippen LogP) is 1.83. The van der Waals surface area contributed by atoms with Gasteiger partial charge in [0.15, 0.2) is 5.96 Å². The minimum absolute atomic E-state index is 0.395. The van der Waals surface area contributed by atoms with Crippen LogP contribution >= 0.6 is 0 Å². The molecule has 0 radical (unpaired) electrons. The monoisotopic (exact) mass is 209 g/mol. The van der Waals surface area contributed by atoms with Crippen LogP contribution in [0.15, 0.2) is 4.99 Å². The van der Waals surface area contributed by atoms with Gasteiger partial charge in [-0.3, -0.25) is 0 Å². The zero-order valence-electron chi connectivity index (χ0n) is 10.2. The fourth-order valence-electron chi connectivity index (χ4n) is 2.30. The molecule has 2 rings (SSSR count). The Balaban J connectivity index is 1.92. The summed E-state index contributed by atoms with van der Waals surface area (Å²) >= 11 is 0. The Kier molecular flexibility index (Phi) is 2.65. The van der Waals surface area contributed by atoms with Crippen LogP contribution in [0.25, 0.3) is 0 Å². The largest absolute Gasteiger partial charge is 0.370 e. The van der Waals surface area contributed by atoms with Crippen molar-refractivity contribution in [3.63, 3.8) is 0 Å². The van der Waals surface area contributed by atoms with E-state index in [4.69, 9.17) is 5.73 Å². The molecule has 2 fully saturated rings. The van der Waals surface area contributed by atoms with Gasteiger partial charge >= 0.3 is 0 Å². The number of aliphatic imine (C=N–C) groups is 1. The smallest absolute Gasteiger partial charge is 0.191 e. The van der Waals surface area contributed by atoms with Gasteiger partial charge in [-0.05, 0) is 30.6 Å². The summed E-state index contributed by atoms with van der Waals surface area (Å²) < 4.78 is 0. The predicted molar refractivity (Wildman–Crippen MR) is 63.8 cm³/mol. The van der Waals surface area contributed by atoms with Crippen LogP contribution in [0.5, 0.6) is 0 Å². The van der Waals surface area contributed by atoms with Gasteiger partial charge in [0.2, 0.25) is 0 Å². The fourth-order valence-corrected chi connectivity index (χ4v) is 2.30. The molecule has 0 spiro atoms. The first-order valence-electron chi connectivity index (χ1n) is 6.07. The maximum absolute atomic E-state index is 6.05. The number of hydrogen-bond donors (Lipinski definition) is 1. The molecule has 1 unspecified atom stereocenters. The van der Waals surface area contributed by atoms with E-state index in [0.29, 0.717) is 11.5 Å². The third-order valence-corrected chi connectivity index (χ3v) is 3.73. The summed E-state index contributed by atoms with van der Waals surface area (Å²) in [6, 6.07) is 0.467. The highest BCUT2D eigenvalue weighted by Crippen LogP contribution is 2.47. The second-order valence-electron chi connectivity index (χ2n) is 5.89. The summed E-state index contributed by atoms with van der Waals surface area (Å²) in [5, 5.41) is 0. The van der Waals surface area contributed by atoms with Crippen LogP contribution < -0.4 is 5.73 Å². The van der Waals surface area contributed by atoms with Gasteiger partial charge in [0.1, 0.15) is 0 Å². The molecule has 0 aromatic carbocycles. The van der Waals surface area contributed by atoms with E-state index in [1.807, 2.05) is 0 Å². The minimum atomic E-state index is 0.395. The van der Waals surface area contributed by atoms with E-state index < -0.39 is 0 Å². The van der Waals surface area contributed by atoms with E-state index in [1.54, 1.807) is 0 Å². The molecule has 1 aliphatic carbocycles. The molecule has 0 bridgehead atoms. The van der Waals surface area contributed by atoms with Crippen LogP contribution in [0.3, 0.4) is 0 Å². The van der Waals surface area contributed by atoms with Crippen LogP contribution in [0, 0.1) is 11.3 Å². The quantitative estimate of drug-likeness (QED) is 0.529. The first-order chi connectivity index (χ1) is 6.99. The number of hydrogen-bond acceptors (Lipinski definition) is 1. The molecule has 1 saturated heterocycles. The Morgan fingerprint density at radius 2 is 2.13 bits per heavy atom. The summed E-state index contributed by atoms with van der Waals surface area (Å²) in [7, 11) is 0. The van der Waals surface area contributed by atoms with Crippen molar-refractivity contribution in [2.45, 2.75) is 46.1 Å². The van der Waals surface area contributed by atoms with E-state index in [2.05, 4.69) is 30.7 Å². The molecule has 1 heterocycles. The Morgan fingerprint density at radius 3 is 2.67 bits per heavy atom. The van der Waals surface area contributed by atoms with Gasteiger partial charge < -0.3 is 10.6 Å². The molecular weight excluding hydrogens is 186 g/mol. The van der Waals surface area contributed by atoms with Gasteiger partial charge in [0, 0.05) is 13.1 Å². The first-order valence-corrected chi connectivity index (χ1v) is 6.07. The first kappa shape index (κ1) is 10.8. The fraction of sp³-hybridized carbons (Fsp3) is 0.917. The number of nitrogens with zero attached hydrogens (tertiary/aromatic N) is 2. The molecule has 0 aromatic heterocycles. The summed E-state index contributed by atoms with van der Waals surface area (Å²) in [4.78, 5) is 6.87. The number of guanidine groups is 1. The summed E-state index contributed by atoms with van der Waals surface area (Å²) in [6.45, 7) is 8.98. The van der Waals surface area contributed by atoms with Gasteiger partial charge in [-0.1, -0.05) is 20.8 Å². The molecule has 3 heteroatoms. The van der Waals surface area contributed by atoms with E-state index in [-0.39, 0.29) is 0 Å². The van der Waals surface area contributed by atoms with Crippen molar-refractivity contribution in [2.75, 3.05) is 13.1 Å². The Hall–Kier alpha value is -0.730. The third kappa shape index (κ3) is 2.44. The molecule has 2 aliphatic rings. The van der Waals surface area contributed by atoms with Crippen molar-refractivity contribution < 1.29 is 0 Å².